The van der Waals surface area contributed by atoms with Crippen molar-refractivity contribution in [2.45, 2.75) is 42.7 Å². The molecule has 3 aliphatic rings. The molecule has 0 bridgehead atoms. The molecular weight excluding hydrogens is 452 g/mol. The van der Waals surface area contributed by atoms with Gasteiger partial charge in [-0.25, -0.2) is 4.79 Å². The van der Waals surface area contributed by atoms with Gasteiger partial charge in [0.05, 0.1) is 26.7 Å². The van der Waals surface area contributed by atoms with Crippen LogP contribution in [-0.2, 0) is 9.53 Å². The normalized spacial score (nSPS) is 31.3. The summed E-state index contributed by atoms with van der Waals surface area (Å²) in [4.78, 5) is 11.3. The predicted octanol–water partition coefficient (Wildman–Crippen LogP) is 0.584. The second-order valence-corrected chi connectivity index (χ2v) is 8.23. The van der Waals surface area contributed by atoms with Gasteiger partial charge in [0, 0.05) is 17.2 Å². The summed E-state index contributed by atoms with van der Waals surface area (Å²) in [6.07, 6.45) is -8.83. The van der Waals surface area contributed by atoms with Gasteiger partial charge in [-0.1, -0.05) is 6.07 Å². The van der Waals surface area contributed by atoms with E-state index >= 15 is 0 Å². The predicted molar refractivity (Wildman–Crippen MR) is 113 cm³/mol. The summed E-state index contributed by atoms with van der Waals surface area (Å²) in [5, 5.41) is 39.2. The van der Waals surface area contributed by atoms with Crippen LogP contribution >= 0.6 is 0 Å². The van der Waals surface area contributed by atoms with Gasteiger partial charge in [0.25, 0.3) is 0 Å². The van der Waals surface area contributed by atoms with Crippen molar-refractivity contribution < 1.29 is 53.6 Å². The monoisotopic (exact) mass is 476 g/mol. The maximum atomic E-state index is 11.3. The number of carboxylic acid groups (broad SMARTS) is 1. The summed E-state index contributed by atoms with van der Waals surface area (Å²) in [5.41, 5.74) is 1.71. The lowest BCUT2D eigenvalue weighted by Crippen LogP contribution is -2.61. The molecule has 2 aromatic carbocycles. The zero-order chi connectivity index (χ0) is 24.1. The van der Waals surface area contributed by atoms with Crippen LogP contribution in [0.3, 0.4) is 0 Å². The largest absolute Gasteiger partial charge is 0.493 e. The number of carbonyl (C=O) groups is 1. The standard InChI is InChI=1S/C23H24O11/c1-29-13-6-5-10-12-8-31-14-7-9(3-4-11(14)18(12)33-19(10)20(13)30-2)32-23-17(26)15(24)16(25)21(34-23)22(27)28/h3-7,12,15-18,21,23-26H,8H2,1-2H3,(H,27,28)/t12-,15-,16-,17+,18+,21-,23-/m0/s1. The minimum Gasteiger partial charge on any atom is -0.493 e. The number of fused-ring (bicyclic) bond motifs is 5. The number of aliphatic hydroxyl groups excluding tert-OH is 3. The van der Waals surface area contributed by atoms with Gasteiger partial charge in [-0.15, -0.1) is 0 Å². The van der Waals surface area contributed by atoms with Crippen LogP contribution < -0.4 is 23.7 Å². The first-order valence-corrected chi connectivity index (χ1v) is 10.6. The molecule has 0 spiro atoms. The van der Waals surface area contributed by atoms with Gasteiger partial charge >= 0.3 is 5.97 Å². The quantitative estimate of drug-likeness (QED) is 0.479. The molecule has 1 saturated heterocycles. The zero-order valence-corrected chi connectivity index (χ0v) is 18.3. The van der Waals surface area contributed by atoms with Gasteiger partial charge in [-0.05, 0) is 18.2 Å². The number of methoxy groups -OCH3 is 2. The zero-order valence-electron chi connectivity index (χ0n) is 18.3. The number of hydrogen-bond acceptors (Lipinski definition) is 10. The van der Waals surface area contributed by atoms with E-state index in [1.165, 1.54) is 0 Å². The van der Waals surface area contributed by atoms with Crippen molar-refractivity contribution in [3.05, 3.63) is 41.5 Å². The van der Waals surface area contributed by atoms with E-state index in [-0.39, 0.29) is 17.8 Å². The van der Waals surface area contributed by atoms with Crippen molar-refractivity contribution in [1.29, 1.82) is 0 Å². The van der Waals surface area contributed by atoms with Crippen molar-refractivity contribution in [1.82, 2.24) is 0 Å². The first-order chi connectivity index (χ1) is 16.3. The summed E-state index contributed by atoms with van der Waals surface area (Å²) in [5.74, 6) is 0.805. The third kappa shape index (κ3) is 3.48. The number of aliphatic carboxylic acids is 1. The maximum Gasteiger partial charge on any atom is 0.335 e. The van der Waals surface area contributed by atoms with E-state index in [1.54, 1.807) is 32.4 Å². The number of carboxylic acids is 1. The van der Waals surface area contributed by atoms with Crippen molar-refractivity contribution in [2.24, 2.45) is 0 Å². The first kappa shape index (κ1) is 22.5. The lowest BCUT2D eigenvalue weighted by molar-refractivity contribution is -0.271. The molecule has 11 heteroatoms. The Labute approximate surface area is 194 Å². The van der Waals surface area contributed by atoms with Gasteiger partial charge in [0.1, 0.15) is 35.9 Å². The van der Waals surface area contributed by atoms with Crippen LogP contribution in [0.5, 0.6) is 28.7 Å². The molecule has 1 fully saturated rings. The average molecular weight is 476 g/mol. The Morgan fingerprint density at radius 1 is 1.00 bits per heavy atom. The van der Waals surface area contributed by atoms with E-state index in [2.05, 4.69) is 0 Å². The fraction of sp³-hybridized carbons (Fsp3) is 0.435. The van der Waals surface area contributed by atoms with Crippen LogP contribution in [-0.4, -0.2) is 77.9 Å². The van der Waals surface area contributed by atoms with E-state index in [0.717, 1.165) is 11.1 Å². The number of benzene rings is 2. The summed E-state index contributed by atoms with van der Waals surface area (Å²) in [7, 11) is 3.10. The van der Waals surface area contributed by atoms with Gasteiger partial charge in [-0.2, -0.15) is 0 Å². The highest BCUT2D eigenvalue weighted by atomic mass is 16.7. The number of aliphatic hydroxyl groups is 3. The highest BCUT2D eigenvalue weighted by molar-refractivity contribution is 5.73. The topological polar surface area (TPSA) is 153 Å². The van der Waals surface area contributed by atoms with Crippen molar-refractivity contribution in [3.63, 3.8) is 0 Å². The van der Waals surface area contributed by atoms with E-state index in [1.807, 2.05) is 12.1 Å². The molecule has 4 N–H and O–H groups in total. The summed E-state index contributed by atoms with van der Waals surface area (Å²) < 4.78 is 33.9. The van der Waals surface area contributed by atoms with E-state index in [4.69, 9.17) is 28.4 Å². The average Bonchev–Trinajstić information content (AvgIpc) is 3.22. The molecule has 34 heavy (non-hydrogen) atoms. The highest BCUT2D eigenvalue weighted by Gasteiger charge is 2.48. The summed E-state index contributed by atoms with van der Waals surface area (Å²) in [6, 6.07) is 8.65. The number of ether oxygens (including phenoxy) is 6. The second kappa shape index (κ2) is 8.51. The Kier molecular flexibility index (Phi) is 5.64. The minimum atomic E-state index is -1.80. The molecule has 0 unspecified atom stereocenters. The molecule has 11 nitrogen and oxygen atoms in total. The van der Waals surface area contributed by atoms with E-state index in [0.29, 0.717) is 29.6 Å². The smallest absolute Gasteiger partial charge is 0.335 e. The minimum absolute atomic E-state index is 0.0643. The lowest BCUT2D eigenvalue weighted by Gasteiger charge is -2.38. The molecule has 5 rings (SSSR count). The molecule has 3 aliphatic heterocycles. The lowest BCUT2D eigenvalue weighted by atomic mass is 9.89. The Balaban J connectivity index is 1.39. The molecule has 0 amide bonds. The molecule has 0 aromatic heterocycles. The maximum absolute atomic E-state index is 11.3. The molecule has 2 aromatic rings. The van der Waals surface area contributed by atoms with E-state index in [9.17, 15) is 25.2 Å². The SMILES string of the molecule is COc1ccc2c(c1OC)O[C@@H]1c3ccc(O[C@H]4O[C@H](C(=O)O)[C@@H](O)[C@H](O)[C@H]4O)cc3OC[C@@H]21. The fourth-order valence-corrected chi connectivity index (χ4v) is 4.57. The van der Waals surface area contributed by atoms with Crippen LogP contribution in [0.4, 0.5) is 0 Å². The molecule has 3 heterocycles. The Morgan fingerprint density at radius 2 is 1.76 bits per heavy atom. The number of hydrogen-bond donors (Lipinski definition) is 4. The van der Waals surface area contributed by atoms with E-state index < -0.39 is 36.7 Å². The van der Waals surface area contributed by atoms with Gasteiger partial charge in [0.2, 0.25) is 12.0 Å². The molecule has 0 aliphatic carbocycles. The Morgan fingerprint density at radius 3 is 2.47 bits per heavy atom. The van der Waals surface area contributed by atoms with Gasteiger partial charge < -0.3 is 48.8 Å². The van der Waals surface area contributed by atoms with Crippen LogP contribution in [0.15, 0.2) is 30.3 Å². The molecule has 0 radical (unpaired) electrons. The molecule has 7 atom stereocenters. The van der Waals surface area contributed by atoms with Gasteiger partial charge in [0.15, 0.2) is 17.6 Å². The fourth-order valence-electron chi connectivity index (χ4n) is 4.57. The summed E-state index contributed by atoms with van der Waals surface area (Å²) >= 11 is 0. The molecule has 182 valence electrons. The first-order valence-electron chi connectivity index (χ1n) is 10.6. The van der Waals surface area contributed by atoms with Crippen molar-refractivity contribution in [2.75, 3.05) is 20.8 Å². The van der Waals surface area contributed by atoms with Crippen LogP contribution in [0.25, 0.3) is 0 Å². The highest BCUT2D eigenvalue weighted by Crippen LogP contribution is 2.56. The van der Waals surface area contributed by atoms with Crippen molar-refractivity contribution in [3.8, 4) is 28.7 Å². The Hall–Kier alpha value is -3.25. The van der Waals surface area contributed by atoms with Gasteiger partial charge in [-0.3, -0.25) is 0 Å². The third-order valence-corrected chi connectivity index (χ3v) is 6.32. The molecule has 0 saturated carbocycles. The summed E-state index contributed by atoms with van der Waals surface area (Å²) in [6.45, 7) is 0.331. The van der Waals surface area contributed by atoms with Crippen LogP contribution in [0, 0.1) is 0 Å². The second-order valence-electron chi connectivity index (χ2n) is 8.23. The third-order valence-electron chi connectivity index (χ3n) is 6.32. The molecular formula is C23H24O11. The number of rotatable bonds is 5. The van der Waals surface area contributed by atoms with Crippen molar-refractivity contribution >= 4 is 5.97 Å². The Bertz CT molecular complexity index is 1100. The van der Waals surface area contributed by atoms with Crippen LogP contribution in [0.1, 0.15) is 23.1 Å². The van der Waals surface area contributed by atoms with Crippen LogP contribution in [0.2, 0.25) is 0 Å².